The standard InChI is InChI=1S/C17H17NO2/c1-2-12(13-7-3-4-8-13)11-18-16(19)14-9-5-6-10-15(14)17(18)20/h5-6,9-10,13H,1,3-4,7-8,11H2. The van der Waals surface area contributed by atoms with Crippen LogP contribution in [0.1, 0.15) is 46.4 Å². The van der Waals surface area contributed by atoms with Crippen LogP contribution in [0.3, 0.4) is 0 Å². The minimum absolute atomic E-state index is 0.198. The van der Waals surface area contributed by atoms with Crippen molar-refractivity contribution >= 4 is 11.8 Å². The fraction of sp³-hybridized carbons (Fsp3) is 0.353. The first-order chi connectivity index (χ1) is 9.72. The van der Waals surface area contributed by atoms with Crippen LogP contribution in [0.2, 0.25) is 0 Å². The molecule has 0 spiro atoms. The summed E-state index contributed by atoms with van der Waals surface area (Å²) in [6.07, 6.45) is 4.64. The summed E-state index contributed by atoms with van der Waals surface area (Å²) in [7, 11) is 0. The van der Waals surface area contributed by atoms with Crippen LogP contribution in [0, 0.1) is 5.92 Å². The lowest BCUT2D eigenvalue weighted by Crippen LogP contribution is -2.32. The van der Waals surface area contributed by atoms with E-state index in [2.05, 4.69) is 12.3 Å². The third-order valence-corrected chi connectivity index (χ3v) is 4.28. The van der Waals surface area contributed by atoms with E-state index in [1.807, 2.05) is 0 Å². The van der Waals surface area contributed by atoms with Crippen LogP contribution >= 0.6 is 0 Å². The lowest BCUT2D eigenvalue weighted by molar-refractivity contribution is 0.0665. The van der Waals surface area contributed by atoms with Gasteiger partial charge in [0.05, 0.1) is 17.7 Å². The molecule has 3 rings (SSSR count). The zero-order valence-electron chi connectivity index (χ0n) is 11.4. The van der Waals surface area contributed by atoms with Crippen molar-refractivity contribution < 1.29 is 9.59 Å². The van der Waals surface area contributed by atoms with Crippen molar-refractivity contribution in [3.05, 3.63) is 53.3 Å². The van der Waals surface area contributed by atoms with Gasteiger partial charge in [0.2, 0.25) is 0 Å². The summed E-state index contributed by atoms with van der Waals surface area (Å²) in [5.41, 5.74) is 4.97. The van der Waals surface area contributed by atoms with Gasteiger partial charge in [0.1, 0.15) is 0 Å². The number of hydrogen-bond acceptors (Lipinski definition) is 2. The van der Waals surface area contributed by atoms with Gasteiger partial charge < -0.3 is 0 Å². The molecular formula is C17H17NO2. The molecule has 3 heteroatoms. The Morgan fingerprint density at radius 3 is 2.20 bits per heavy atom. The first-order valence-electron chi connectivity index (χ1n) is 7.06. The number of amides is 2. The quantitative estimate of drug-likeness (QED) is 0.623. The topological polar surface area (TPSA) is 37.4 Å². The van der Waals surface area contributed by atoms with E-state index in [-0.39, 0.29) is 11.8 Å². The van der Waals surface area contributed by atoms with Gasteiger partial charge in [-0.1, -0.05) is 31.6 Å². The summed E-state index contributed by atoms with van der Waals surface area (Å²) in [5, 5.41) is 0. The van der Waals surface area contributed by atoms with E-state index in [0.717, 1.165) is 18.4 Å². The molecule has 102 valence electrons. The maximum absolute atomic E-state index is 12.3. The lowest BCUT2D eigenvalue weighted by atomic mass is 9.98. The summed E-state index contributed by atoms with van der Waals surface area (Å²) in [6, 6.07) is 6.99. The Morgan fingerprint density at radius 1 is 1.15 bits per heavy atom. The SMILES string of the molecule is C=C=C(CN1C(=O)c2ccccc2C1=O)C1CCCC1. The number of rotatable bonds is 3. The van der Waals surface area contributed by atoms with Gasteiger partial charge in [0, 0.05) is 0 Å². The van der Waals surface area contributed by atoms with Crippen LogP contribution < -0.4 is 0 Å². The van der Waals surface area contributed by atoms with E-state index in [0.29, 0.717) is 23.6 Å². The van der Waals surface area contributed by atoms with Gasteiger partial charge in [-0.3, -0.25) is 14.5 Å². The van der Waals surface area contributed by atoms with Crippen LogP contribution in [-0.4, -0.2) is 23.3 Å². The molecule has 1 aliphatic heterocycles. The second-order valence-electron chi connectivity index (χ2n) is 5.43. The van der Waals surface area contributed by atoms with Crippen molar-refractivity contribution in [2.75, 3.05) is 6.54 Å². The average Bonchev–Trinajstić information content (AvgIpc) is 3.08. The molecular weight excluding hydrogens is 250 g/mol. The zero-order chi connectivity index (χ0) is 14.1. The Morgan fingerprint density at radius 2 is 1.70 bits per heavy atom. The van der Waals surface area contributed by atoms with Crippen LogP contribution in [0.15, 0.2) is 42.1 Å². The van der Waals surface area contributed by atoms with Gasteiger partial charge in [-0.25, -0.2) is 0 Å². The van der Waals surface area contributed by atoms with Crippen molar-refractivity contribution in [2.24, 2.45) is 5.92 Å². The summed E-state index contributed by atoms with van der Waals surface area (Å²) < 4.78 is 0. The van der Waals surface area contributed by atoms with E-state index in [1.165, 1.54) is 17.7 Å². The Bertz CT molecular complexity index is 585. The highest BCUT2D eigenvalue weighted by Crippen LogP contribution is 2.32. The fourth-order valence-corrected chi connectivity index (χ4v) is 3.16. The molecule has 1 aromatic carbocycles. The number of benzene rings is 1. The fourth-order valence-electron chi connectivity index (χ4n) is 3.16. The zero-order valence-corrected chi connectivity index (χ0v) is 11.4. The molecule has 0 aromatic heterocycles. The van der Waals surface area contributed by atoms with Crippen LogP contribution in [0.4, 0.5) is 0 Å². The molecule has 1 fully saturated rings. The lowest BCUT2D eigenvalue weighted by Gasteiger charge is -2.19. The predicted molar refractivity (Wildman–Crippen MR) is 76.4 cm³/mol. The molecule has 0 unspecified atom stereocenters. The van der Waals surface area contributed by atoms with E-state index in [1.54, 1.807) is 24.3 Å². The van der Waals surface area contributed by atoms with E-state index < -0.39 is 0 Å². The van der Waals surface area contributed by atoms with Gasteiger partial charge in [-0.05, 0) is 36.5 Å². The van der Waals surface area contributed by atoms with Crippen LogP contribution in [0.5, 0.6) is 0 Å². The van der Waals surface area contributed by atoms with Crippen molar-refractivity contribution in [1.29, 1.82) is 0 Å². The monoisotopic (exact) mass is 267 g/mol. The van der Waals surface area contributed by atoms with Gasteiger partial charge in [-0.15, -0.1) is 5.73 Å². The number of carbonyl (C=O) groups excluding carboxylic acids is 2. The Kier molecular flexibility index (Phi) is 3.29. The molecule has 0 N–H and O–H groups in total. The highest BCUT2D eigenvalue weighted by molar-refractivity contribution is 6.21. The molecule has 1 aliphatic carbocycles. The first kappa shape index (κ1) is 12.9. The molecule has 3 nitrogen and oxygen atoms in total. The van der Waals surface area contributed by atoms with Gasteiger partial charge in [0.25, 0.3) is 11.8 Å². The Balaban J connectivity index is 1.84. The Hall–Kier alpha value is -2.12. The molecule has 1 aromatic rings. The molecule has 1 saturated carbocycles. The maximum Gasteiger partial charge on any atom is 0.261 e. The molecule has 0 atom stereocenters. The normalized spacial score (nSPS) is 18.3. The Labute approximate surface area is 118 Å². The van der Waals surface area contributed by atoms with Crippen molar-refractivity contribution in [1.82, 2.24) is 4.90 Å². The number of hydrogen-bond donors (Lipinski definition) is 0. The summed E-state index contributed by atoms with van der Waals surface area (Å²) >= 11 is 0. The first-order valence-corrected chi connectivity index (χ1v) is 7.06. The maximum atomic E-state index is 12.3. The van der Waals surface area contributed by atoms with E-state index >= 15 is 0 Å². The minimum atomic E-state index is -0.198. The molecule has 1 heterocycles. The van der Waals surface area contributed by atoms with Gasteiger partial charge >= 0.3 is 0 Å². The second-order valence-corrected chi connectivity index (χ2v) is 5.43. The molecule has 0 saturated heterocycles. The second kappa shape index (κ2) is 5.10. The third-order valence-electron chi connectivity index (χ3n) is 4.28. The van der Waals surface area contributed by atoms with Gasteiger partial charge in [-0.2, -0.15) is 0 Å². The van der Waals surface area contributed by atoms with Crippen LogP contribution in [-0.2, 0) is 0 Å². The van der Waals surface area contributed by atoms with E-state index in [9.17, 15) is 9.59 Å². The number of fused-ring (bicyclic) bond motifs is 1. The molecule has 20 heavy (non-hydrogen) atoms. The van der Waals surface area contributed by atoms with Crippen LogP contribution in [0.25, 0.3) is 0 Å². The third kappa shape index (κ3) is 2.00. The highest BCUT2D eigenvalue weighted by Gasteiger charge is 2.36. The van der Waals surface area contributed by atoms with Crippen molar-refractivity contribution in [3.63, 3.8) is 0 Å². The predicted octanol–water partition coefficient (Wildman–Crippen LogP) is 3.18. The smallest absolute Gasteiger partial charge is 0.261 e. The van der Waals surface area contributed by atoms with Crippen molar-refractivity contribution in [2.45, 2.75) is 25.7 Å². The molecule has 2 aliphatic rings. The minimum Gasteiger partial charge on any atom is -0.270 e. The summed E-state index contributed by atoms with van der Waals surface area (Å²) in [4.78, 5) is 26.0. The summed E-state index contributed by atoms with van der Waals surface area (Å²) in [6.45, 7) is 4.07. The number of nitrogens with zero attached hydrogens (tertiary/aromatic N) is 1. The molecule has 0 radical (unpaired) electrons. The average molecular weight is 267 g/mol. The van der Waals surface area contributed by atoms with E-state index in [4.69, 9.17) is 0 Å². The highest BCUT2D eigenvalue weighted by atomic mass is 16.2. The number of carbonyl (C=O) groups is 2. The largest absolute Gasteiger partial charge is 0.270 e. The van der Waals surface area contributed by atoms with Crippen molar-refractivity contribution in [3.8, 4) is 0 Å². The number of imide groups is 1. The van der Waals surface area contributed by atoms with Gasteiger partial charge in [0.15, 0.2) is 0 Å². The molecule has 0 bridgehead atoms. The summed E-state index contributed by atoms with van der Waals surface area (Å²) in [5.74, 6) is 0.0320. The molecule has 2 amide bonds.